The number of carbonyl (C=O) groups is 1. The van der Waals surface area contributed by atoms with Gasteiger partial charge in [0.15, 0.2) is 0 Å². The van der Waals surface area contributed by atoms with Crippen molar-refractivity contribution in [3.8, 4) is 0 Å². The molecule has 0 radical (unpaired) electrons. The molecule has 108 valence electrons. The van der Waals surface area contributed by atoms with Crippen molar-refractivity contribution in [2.24, 2.45) is 0 Å². The van der Waals surface area contributed by atoms with Crippen LogP contribution in [-0.4, -0.2) is 52.5 Å². The molecule has 3 heterocycles. The average molecular weight is 275 g/mol. The number of aromatic nitrogens is 1. The number of aryl methyl sites for hydroxylation is 1. The molecule has 5 nitrogen and oxygen atoms in total. The number of hydrogen-bond donors (Lipinski definition) is 0. The predicted octanol–water partition coefficient (Wildman–Crippen LogP) is 0.462. The molecule has 1 amide bonds. The summed E-state index contributed by atoms with van der Waals surface area (Å²) in [4.78, 5) is 28.7. The van der Waals surface area contributed by atoms with E-state index in [-0.39, 0.29) is 18.0 Å². The fraction of sp³-hybridized carbons (Fsp3) is 0.600. The Morgan fingerprint density at radius 1 is 1.30 bits per heavy atom. The summed E-state index contributed by atoms with van der Waals surface area (Å²) in [6.07, 6.45) is 3.89. The van der Waals surface area contributed by atoms with E-state index in [4.69, 9.17) is 0 Å². The van der Waals surface area contributed by atoms with Gasteiger partial charge in [0, 0.05) is 37.4 Å². The van der Waals surface area contributed by atoms with Crippen molar-refractivity contribution in [3.63, 3.8) is 0 Å². The van der Waals surface area contributed by atoms with Gasteiger partial charge in [0.1, 0.15) is 6.54 Å². The quantitative estimate of drug-likeness (QED) is 0.788. The van der Waals surface area contributed by atoms with E-state index in [0.717, 1.165) is 31.5 Å². The van der Waals surface area contributed by atoms with Crippen LogP contribution < -0.4 is 5.56 Å². The largest absolute Gasteiger partial charge is 0.333 e. The van der Waals surface area contributed by atoms with Gasteiger partial charge < -0.3 is 14.4 Å². The van der Waals surface area contributed by atoms with E-state index in [1.54, 1.807) is 12.3 Å². The van der Waals surface area contributed by atoms with Gasteiger partial charge in [-0.05, 0) is 38.4 Å². The van der Waals surface area contributed by atoms with Crippen LogP contribution in [0.15, 0.2) is 23.1 Å². The lowest BCUT2D eigenvalue weighted by molar-refractivity contribution is -0.137. The molecule has 0 N–H and O–H groups in total. The van der Waals surface area contributed by atoms with E-state index < -0.39 is 0 Å². The van der Waals surface area contributed by atoms with Crippen LogP contribution >= 0.6 is 0 Å². The maximum Gasteiger partial charge on any atom is 0.251 e. The molecule has 5 heteroatoms. The zero-order chi connectivity index (χ0) is 14.3. The van der Waals surface area contributed by atoms with Crippen molar-refractivity contribution >= 4 is 5.91 Å². The number of piperazine rings is 1. The predicted molar refractivity (Wildman–Crippen MR) is 76.6 cm³/mol. The molecule has 2 fully saturated rings. The van der Waals surface area contributed by atoms with Crippen LogP contribution in [-0.2, 0) is 11.3 Å². The summed E-state index contributed by atoms with van der Waals surface area (Å²) in [5, 5.41) is 0. The lowest BCUT2D eigenvalue weighted by Crippen LogP contribution is -2.55. The monoisotopic (exact) mass is 275 g/mol. The van der Waals surface area contributed by atoms with Crippen LogP contribution in [0.3, 0.4) is 0 Å². The molecular weight excluding hydrogens is 254 g/mol. The van der Waals surface area contributed by atoms with Crippen molar-refractivity contribution in [2.45, 2.75) is 38.4 Å². The van der Waals surface area contributed by atoms with Crippen molar-refractivity contribution in [2.75, 3.05) is 20.1 Å². The molecule has 2 aliphatic rings. The Morgan fingerprint density at radius 3 is 2.55 bits per heavy atom. The molecule has 0 unspecified atom stereocenters. The number of rotatable bonds is 2. The second kappa shape index (κ2) is 5.05. The molecule has 0 aliphatic carbocycles. The minimum absolute atomic E-state index is 0.0801. The molecule has 2 saturated heterocycles. The minimum atomic E-state index is -0.0974. The van der Waals surface area contributed by atoms with Gasteiger partial charge in [0.25, 0.3) is 5.56 Å². The second-order valence-corrected chi connectivity index (χ2v) is 6.08. The zero-order valence-corrected chi connectivity index (χ0v) is 12.1. The SMILES string of the molecule is Cc1ccn(CC(=O)N2[C@H]3CC[C@H]2CN(C)C3)c(=O)c1. The molecule has 1 aromatic rings. The Morgan fingerprint density at radius 2 is 1.95 bits per heavy atom. The van der Waals surface area contributed by atoms with Gasteiger partial charge >= 0.3 is 0 Å². The van der Waals surface area contributed by atoms with Crippen molar-refractivity contribution in [3.05, 3.63) is 34.2 Å². The topological polar surface area (TPSA) is 45.6 Å². The van der Waals surface area contributed by atoms with Gasteiger partial charge in [-0.3, -0.25) is 9.59 Å². The molecule has 3 rings (SSSR count). The average Bonchev–Trinajstić information content (AvgIpc) is 2.65. The summed E-state index contributed by atoms with van der Waals surface area (Å²) >= 11 is 0. The summed E-state index contributed by atoms with van der Waals surface area (Å²) < 4.78 is 1.51. The third-order valence-electron chi connectivity index (χ3n) is 4.41. The third-order valence-corrected chi connectivity index (χ3v) is 4.41. The fourth-order valence-electron chi connectivity index (χ4n) is 3.49. The van der Waals surface area contributed by atoms with E-state index in [1.807, 2.05) is 17.9 Å². The normalized spacial score (nSPS) is 26.0. The van der Waals surface area contributed by atoms with Crippen LogP contribution in [0.1, 0.15) is 18.4 Å². The summed E-state index contributed by atoms with van der Waals surface area (Å²) in [6, 6.07) is 4.10. The number of amides is 1. The van der Waals surface area contributed by atoms with Gasteiger partial charge in [-0.15, -0.1) is 0 Å². The Bertz CT molecular complexity index is 567. The number of likely N-dealkylation sites (tertiary alicyclic amines) is 1. The van der Waals surface area contributed by atoms with Crippen molar-refractivity contribution in [1.82, 2.24) is 14.4 Å². The maximum atomic E-state index is 12.5. The number of hydrogen-bond acceptors (Lipinski definition) is 3. The highest BCUT2D eigenvalue weighted by Crippen LogP contribution is 2.29. The molecule has 2 atom stereocenters. The van der Waals surface area contributed by atoms with Gasteiger partial charge in [-0.2, -0.15) is 0 Å². The molecule has 0 spiro atoms. The van der Waals surface area contributed by atoms with Crippen LogP contribution in [0.4, 0.5) is 0 Å². The molecule has 20 heavy (non-hydrogen) atoms. The van der Waals surface area contributed by atoms with E-state index in [1.165, 1.54) is 4.57 Å². The number of fused-ring (bicyclic) bond motifs is 2. The minimum Gasteiger partial charge on any atom is -0.333 e. The lowest BCUT2D eigenvalue weighted by Gasteiger charge is -2.39. The van der Waals surface area contributed by atoms with E-state index in [9.17, 15) is 9.59 Å². The lowest BCUT2D eigenvalue weighted by atomic mass is 10.2. The smallest absolute Gasteiger partial charge is 0.251 e. The van der Waals surface area contributed by atoms with Gasteiger partial charge in [0.05, 0.1) is 0 Å². The highest BCUT2D eigenvalue weighted by Gasteiger charge is 2.41. The van der Waals surface area contributed by atoms with E-state index >= 15 is 0 Å². The van der Waals surface area contributed by atoms with Crippen LogP contribution in [0.5, 0.6) is 0 Å². The Labute approximate surface area is 118 Å². The highest BCUT2D eigenvalue weighted by atomic mass is 16.2. The zero-order valence-electron chi connectivity index (χ0n) is 12.1. The summed E-state index contributed by atoms with van der Waals surface area (Å²) in [7, 11) is 2.11. The van der Waals surface area contributed by atoms with Crippen LogP contribution in [0.2, 0.25) is 0 Å². The fourth-order valence-corrected chi connectivity index (χ4v) is 3.49. The molecule has 0 aromatic carbocycles. The summed E-state index contributed by atoms with van der Waals surface area (Å²) in [6.45, 7) is 3.94. The van der Waals surface area contributed by atoms with E-state index in [2.05, 4.69) is 11.9 Å². The highest BCUT2D eigenvalue weighted by molar-refractivity contribution is 5.77. The first-order chi connectivity index (χ1) is 9.54. The first kappa shape index (κ1) is 13.4. The molecule has 2 bridgehead atoms. The van der Waals surface area contributed by atoms with E-state index in [0.29, 0.717) is 12.1 Å². The molecule has 2 aliphatic heterocycles. The first-order valence-corrected chi connectivity index (χ1v) is 7.21. The number of likely N-dealkylation sites (N-methyl/N-ethyl adjacent to an activating group) is 1. The van der Waals surface area contributed by atoms with Crippen LogP contribution in [0, 0.1) is 6.92 Å². The van der Waals surface area contributed by atoms with Gasteiger partial charge in [-0.1, -0.05) is 0 Å². The number of pyridine rings is 1. The molecule has 1 aromatic heterocycles. The number of nitrogens with zero attached hydrogens (tertiary/aromatic N) is 3. The standard InChI is InChI=1S/C15H21N3O2/c1-11-5-6-17(14(19)7-11)10-15(20)18-12-3-4-13(18)9-16(2)8-12/h5-7,12-13H,3-4,8-10H2,1-2H3/t12-,13-/m0/s1. The molecular formula is C15H21N3O2. The third kappa shape index (κ3) is 2.38. The Hall–Kier alpha value is -1.62. The summed E-state index contributed by atoms with van der Waals surface area (Å²) in [5.74, 6) is 0.0801. The second-order valence-electron chi connectivity index (χ2n) is 6.08. The van der Waals surface area contributed by atoms with Gasteiger partial charge in [-0.25, -0.2) is 0 Å². The number of carbonyl (C=O) groups excluding carboxylic acids is 1. The first-order valence-electron chi connectivity index (χ1n) is 7.21. The molecule has 0 saturated carbocycles. The Kier molecular flexibility index (Phi) is 3.38. The van der Waals surface area contributed by atoms with Gasteiger partial charge in [0.2, 0.25) is 5.91 Å². The van der Waals surface area contributed by atoms with Crippen molar-refractivity contribution in [1.29, 1.82) is 0 Å². The maximum absolute atomic E-state index is 12.5. The van der Waals surface area contributed by atoms with Crippen LogP contribution in [0.25, 0.3) is 0 Å². The van der Waals surface area contributed by atoms with Crippen molar-refractivity contribution < 1.29 is 4.79 Å². The summed E-state index contributed by atoms with van der Waals surface area (Å²) in [5.41, 5.74) is 0.832. The Balaban J connectivity index is 1.75.